The highest BCUT2D eigenvalue weighted by molar-refractivity contribution is 7.16. The van der Waals surface area contributed by atoms with Crippen molar-refractivity contribution in [3.63, 3.8) is 0 Å². The molecule has 204 valence electrons. The predicted octanol–water partition coefficient (Wildman–Crippen LogP) is 5.74. The highest BCUT2D eigenvalue weighted by atomic mass is 32.1. The van der Waals surface area contributed by atoms with Gasteiger partial charge in [-0.1, -0.05) is 42.5 Å². The summed E-state index contributed by atoms with van der Waals surface area (Å²) < 4.78 is 16.3. The van der Waals surface area contributed by atoms with Crippen molar-refractivity contribution in [3.8, 4) is 11.3 Å². The summed E-state index contributed by atoms with van der Waals surface area (Å²) in [4.78, 5) is 25.9. The topological polar surface area (TPSA) is 83.3 Å². The lowest BCUT2D eigenvalue weighted by molar-refractivity contribution is 0.0939. The third-order valence-corrected chi connectivity index (χ3v) is 8.30. The molecule has 1 saturated heterocycles. The second-order valence-electron chi connectivity index (χ2n) is 10.1. The second-order valence-corrected chi connectivity index (χ2v) is 10.9. The Morgan fingerprint density at radius 2 is 1.98 bits per heavy atom. The molecule has 6 rings (SSSR count). The SMILES string of the molecule is Cc1c(C(=O)N[C@H]2C[C@H](c3cccc(F)c3)N(c3ccc4ncsc4n3)C2)cc(-c2ccccc2)n1CCCO. The lowest BCUT2D eigenvalue weighted by Crippen LogP contribution is -2.37. The molecule has 1 aliphatic rings. The molecule has 3 aromatic heterocycles. The summed E-state index contributed by atoms with van der Waals surface area (Å²) in [6.45, 7) is 3.18. The number of aliphatic hydroxyl groups is 1. The summed E-state index contributed by atoms with van der Waals surface area (Å²) >= 11 is 1.48. The number of aliphatic hydroxyl groups excluding tert-OH is 1. The molecule has 0 radical (unpaired) electrons. The number of nitrogens with one attached hydrogen (secondary N) is 1. The smallest absolute Gasteiger partial charge is 0.253 e. The van der Waals surface area contributed by atoms with Crippen molar-refractivity contribution in [1.29, 1.82) is 0 Å². The Labute approximate surface area is 235 Å². The van der Waals surface area contributed by atoms with Gasteiger partial charge in [-0.3, -0.25) is 4.79 Å². The van der Waals surface area contributed by atoms with Gasteiger partial charge in [0.25, 0.3) is 5.91 Å². The maximum absolute atomic E-state index is 14.2. The largest absolute Gasteiger partial charge is 0.396 e. The molecule has 1 aliphatic heterocycles. The van der Waals surface area contributed by atoms with Crippen LogP contribution in [0, 0.1) is 12.7 Å². The van der Waals surface area contributed by atoms with Crippen molar-refractivity contribution >= 4 is 33.4 Å². The number of fused-ring (bicyclic) bond motifs is 1. The van der Waals surface area contributed by atoms with Crippen molar-refractivity contribution in [3.05, 3.63) is 101 Å². The van der Waals surface area contributed by atoms with Gasteiger partial charge in [0.05, 0.1) is 17.1 Å². The molecule has 9 heteroatoms. The molecule has 2 N–H and O–H groups in total. The second kappa shape index (κ2) is 11.2. The molecule has 5 aromatic rings. The summed E-state index contributed by atoms with van der Waals surface area (Å²) in [5, 5.41) is 12.7. The number of pyridine rings is 1. The normalized spacial score (nSPS) is 17.0. The number of anilines is 1. The summed E-state index contributed by atoms with van der Waals surface area (Å²) in [5.41, 5.74) is 6.91. The fraction of sp³-hybridized carbons (Fsp3) is 0.258. The zero-order chi connectivity index (χ0) is 27.6. The third-order valence-electron chi connectivity index (χ3n) is 7.57. The van der Waals surface area contributed by atoms with E-state index in [0.717, 1.165) is 38.7 Å². The van der Waals surface area contributed by atoms with Crippen LogP contribution in [0.25, 0.3) is 21.6 Å². The van der Waals surface area contributed by atoms with Crippen LogP contribution in [0.2, 0.25) is 0 Å². The van der Waals surface area contributed by atoms with Gasteiger partial charge < -0.3 is 19.9 Å². The molecule has 0 unspecified atom stereocenters. The fourth-order valence-corrected chi connectivity index (χ4v) is 6.28. The number of aromatic nitrogens is 3. The summed E-state index contributed by atoms with van der Waals surface area (Å²) in [6.07, 6.45) is 1.22. The van der Waals surface area contributed by atoms with Crippen molar-refractivity contribution < 1.29 is 14.3 Å². The van der Waals surface area contributed by atoms with Gasteiger partial charge in [-0.25, -0.2) is 14.4 Å². The van der Waals surface area contributed by atoms with E-state index in [-0.39, 0.29) is 30.4 Å². The number of benzene rings is 2. The predicted molar refractivity (Wildman–Crippen MR) is 156 cm³/mol. The fourth-order valence-electron chi connectivity index (χ4n) is 5.63. The third kappa shape index (κ3) is 5.10. The molecule has 1 amide bonds. The summed E-state index contributed by atoms with van der Waals surface area (Å²) in [5.74, 6) is 0.345. The number of amides is 1. The molecule has 1 fully saturated rings. The van der Waals surface area contributed by atoms with Gasteiger partial charge in [0.15, 0.2) is 0 Å². The highest BCUT2D eigenvalue weighted by Gasteiger charge is 2.36. The standard InChI is InChI=1S/C31H30FN5O2S/c1-20-25(17-28(36(20)13-6-14-38)21-7-3-2-4-8-21)30(39)34-24-16-27(22-9-5-10-23(32)15-22)37(18-24)29-12-11-26-31(35-29)40-19-33-26/h2-5,7-12,15,17,19,24,27,38H,6,13-14,16,18H2,1H3,(H,34,39)/t24-,27+/m0/s1. The summed E-state index contributed by atoms with van der Waals surface area (Å²) in [7, 11) is 0. The Morgan fingerprint density at radius 1 is 1.12 bits per heavy atom. The molecule has 4 heterocycles. The Kier molecular flexibility index (Phi) is 7.32. The van der Waals surface area contributed by atoms with Crippen LogP contribution in [-0.4, -0.2) is 44.7 Å². The number of hydrogen-bond donors (Lipinski definition) is 2. The van der Waals surface area contributed by atoms with E-state index < -0.39 is 0 Å². The van der Waals surface area contributed by atoms with Gasteiger partial charge >= 0.3 is 0 Å². The minimum Gasteiger partial charge on any atom is -0.396 e. The molecule has 40 heavy (non-hydrogen) atoms. The van der Waals surface area contributed by atoms with E-state index in [2.05, 4.69) is 19.8 Å². The van der Waals surface area contributed by atoms with Crippen molar-refractivity contribution in [2.75, 3.05) is 18.1 Å². The molecule has 0 saturated carbocycles. The van der Waals surface area contributed by atoms with Gasteiger partial charge in [-0.05, 0) is 61.2 Å². The number of carbonyl (C=O) groups excluding carboxylic acids is 1. The van der Waals surface area contributed by atoms with Crippen molar-refractivity contribution in [1.82, 2.24) is 19.9 Å². The lowest BCUT2D eigenvalue weighted by atomic mass is 10.0. The van der Waals surface area contributed by atoms with Crippen LogP contribution in [0.1, 0.15) is 40.5 Å². The summed E-state index contributed by atoms with van der Waals surface area (Å²) in [6, 6.07) is 22.1. The van der Waals surface area contributed by atoms with Crippen LogP contribution in [-0.2, 0) is 6.54 Å². The van der Waals surface area contributed by atoms with Crippen LogP contribution in [0.15, 0.2) is 78.3 Å². The Bertz CT molecular complexity index is 1650. The first-order valence-corrected chi connectivity index (χ1v) is 14.3. The zero-order valence-corrected chi connectivity index (χ0v) is 22.9. The average Bonchev–Trinajstić information content (AvgIpc) is 3.69. The van der Waals surface area contributed by atoms with E-state index in [1.54, 1.807) is 17.6 Å². The monoisotopic (exact) mass is 555 g/mol. The molecular weight excluding hydrogens is 525 g/mol. The van der Waals surface area contributed by atoms with E-state index >= 15 is 0 Å². The first-order chi connectivity index (χ1) is 19.5. The maximum Gasteiger partial charge on any atom is 0.253 e. The number of nitrogens with zero attached hydrogens (tertiary/aromatic N) is 4. The van der Waals surface area contributed by atoms with E-state index in [1.807, 2.05) is 61.5 Å². The Morgan fingerprint density at radius 3 is 2.77 bits per heavy atom. The van der Waals surface area contributed by atoms with E-state index in [1.165, 1.54) is 17.4 Å². The number of thiazole rings is 1. The lowest BCUT2D eigenvalue weighted by Gasteiger charge is -2.26. The molecule has 2 atom stereocenters. The van der Waals surface area contributed by atoms with Crippen LogP contribution in [0.5, 0.6) is 0 Å². The van der Waals surface area contributed by atoms with Gasteiger partial charge in [-0.2, -0.15) is 0 Å². The van der Waals surface area contributed by atoms with Crippen LogP contribution >= 0.6 is 11.3 Å². The van der Waals surface area contributed by atoms with Crippen molar-refractivity contribution in [2.45, 2.75) is 38.4 Å². The number of hydrogen-bond acceptors (Lipinski definition) is 6. The first-order valence-electron chi connectivity index (χ1n) is 13.4. The molecule has 0 spiro atoms. The van der Waals surface area contributed by atoms with Crippen molar-refractivity contribution in [2.24, 2.45) is 0 Å². The van der Waals surface area contributed by atoms with E-state index in [4.69, 9.17) is 4.98 Å². The molecule has 7 nitrogen and oxygen atoms in total. The first kappa shape index (κ1) is 26.2. The molecular formula is C31H30FN5O2S. The van der Waals surface area contributed by atoms with Gasteiger partial charge in [-0.15, -0.1) is 11.3 Å². The average molecular weight is 556 g/mol. The number of halogens is 1. The van der Waals surface area contributed by atoms with Crippen LogP contribution in [0.3, 0.4) is 0 Å². The highest BCUT2D eigenvalue weighted by Crippen LogP contribution is 2.37. The number of carbonyl (C=O) groups is 1. The Balaban J connectivity index is 1.29. The number of rotatable bonds is 8. The molecule has 2 aromatic carbocycles. The van der Waals surface area contributed by atoms with Gasteiger partial charge in [0.2, 0.25) is 0 Å². The van der Waals surface area contributed by atoms with E-state index in [9.17, 15) is 14.3 Å². The maximum atomic E-state index is 14.2. The van der Waals surface area contributed by atoms with Crippen LogP contribution in [0.4, 0.5) is 10.2 Å². The zero-order valence-electron chi connectivity index (χ0n) is 22.1. The molecule has 0 aliphatic carbocycles. The molecule has 0 bridgehead atoms. The van der Waals surface area contributed by atoms with Crippen LogP contribution < -0.4 is 10.2 Å². The quantitative estimate of drug-likeness (QED) is 0.255. The van der Waals surface area contributed by atoms with E-state index in [0.29, 0.717) is 31.5 Å². The van der Waals surface area contributed by atoms with Gasteiger partial charge in [0.1, 0.15) is 22.0 Å². The Hall–Kier alpha value is -4.08. The minimum atomic E-state index is -0.288. The van der Waals surface area contributed by atoms with Gasteiger partial charge in [0, 0.05) is 37.1 Å². The minimum absolute atomic E-state index is 0.0775.